The second-order valence-corrected chi connectivity index (χ2v) is 12.1. The SMILES string of the molecule is CN(C)c1ccc(-c2ccc(-c3ccc(C=CC4=Nc5ccc6ccccc6c5C4(C)C)s3)s2)cc1. The Morgan fingerprint density at radius 1 is 0.722 bits per heavy atom. The normalized spacial score (nSPS) is 14.4. The lowest BCUT2D eigenvalue weighted by atomic mass is 9.79. The van der Waals surface area contributed by atoms with Crippen LogP contribution in [-0.4, -0.2) is 19.8 Å². The van der Waals surface area contributed by atoms with Crippen molar-refractivity contribution in [3.8, 4) is 20.2 Å². The number of anilines is 1. The molecule has 1 aliphatic rings. The van der Waals surface area contributed by atoms with Gasteiger partial charge in [-0.05, 0) is 76.5 Å². The summed E-state index contributed by atoms with van der Waals surface area (Å²) in [6.45, 7) is 4.57. The smallest absolute Gasteiger partial charge is 0.0681 e. The van der Waals surface area contributed by atoms with E-state index in [4.69, 9.17) is 4.99 Å². The van der Waals surface area contributed by atoms with E-state index in [0.717, 1.165) is 11.4 Å². The summed E-state index contributed by atoms with van der Waals surface area (Å²) in [5, 5.41) is 2.58. The van der Waals surface area contributed by atoms with Crippen LogP contribution in [0.4, 0.5) is 11.4 Å². The van der Waals surface area contributed by atoms with Gasteiger partial charge in [0.05, 0.1) is 11.4 Å². The Labute approximate surface area is 220 Å². The van der Waals surface area contributed by atoms with Crippen molar-refractivity contribution in [3.05, 3.63) is 101 Å². The summed E-state index contributed by atoms with van der Waals surface area (Å²) in [6, 6.07) is 30.7. The molecule has 0 aliphatic carbocycles. The van der Waals surface area contributed by atoms with Crippen LogP contribution in [0.25, 0.3) is 37.0 Å². The highest BCUT2D eigenvalue weighted by atomic mass is 32.1. The second kappa shape index (κ2) is 8.88. The molecule has 0 N–H and O–H groups in total. The third-order valence-electron chi connectivity index (χ3n) is 6.96. The summed E-state index contributed by atoms with van der Waals surface area (Å²) in [4.78, 5) is 12.3. The molecule has 5 aromatic rings. The number of aliphatic imine (C=N–C) groups is 1. The largest absolute Gasteiger partial charge is 0.378 e. The van der Waals surface area contributed by atoms with E-state index in [-0.39, 0.29) is 5.41 Å². The molecule has 178 valence electrons. The molecule has 1 aliphatic heterocycles. The molecule has 4 heteroatoms. The Bertz CT molecular complexity index is 1630. The Morgan fingerprint density at radius 2 is 1.44 bits per heavy atom. The van der Waals surface area contributed by atoms with E-state index >= 15 is 0 Å². The lowest BCUT2D eigenvalue weighted by molar-refractivity contribution is 0.747. The third-order valence-corrected chi connectivity index (χ3v) is 9.34. The van der Waals surface area contributed by atoms with Crippen molar-refractivity contribution in [2.75, 3.05) is 19.0 Å². The predicted molar refractivity (Wildman–Crippen MR) is 160 cm³/mol. The number of fused-ring (bicyclic) bond motifs is 3. The van der Waals surface area contributed by atoms with E-state index in [1.165, 1.54) is 47.1 Å². The van der Waals surface area contributed by atoms with Gasteiger partial charge in [0.25, 0.3) is 0 Å². The van der Waals surface area contributed by atoms with Gasteiger partial charge >= 0.3 is 0 Å². The average molecular weight is 505 g/mol. The van der Waals surface area contributed by atoms with Crippen molar-refractivity contribution in [1.82, 2.24) is 0 Å². The standard InChI is InChI=1S/C32H28N2S2/c1-32(2)30(33-26-16-11-21-7-5-6-8-25(21)31(26)32)20-15-24-14-17-28(35-24)29-19-18-27(36-29)22-9-12-23(13-10-22)34(3)4/h5-20H,1-4H3. The zero-order valence-corrected chi connectivity index (χ0v) is 22.6. The first-order chi connectivity index (χ1) is 17.4. The predicted octanol–water partition coefficient (Wildman–Crippen LogP) is 9.44. The Hall–Kier alpha value is -3.47. The van der Waals surface area contributed by atoms with Crippen LogP contribution in [0.5, 0.6) is 0 Å². The summed E-state index contributed by atoms with van der Waals surface area (Å²) in [6.07, 6.45) is 4.42. The molecule has 0 unspecified atom stereocenters. The van der Waals surface area contributed by atoms with Crippen molar-refractivity contribution < 1.29 is 0 Å². The van der Waals surface area contributed by atoms with Gasteiger partial charge in [-0.15, -0.1) is 22.7 Å². The van der Waals surface area contributed by atoms with Crippen LogP contribution < -0.4 is 4.90 Å². The quantitative estimate of drug-likeness (QED) is 0.233. The number of hydrogen-bond donors (Lipinski definition) is 0. The minimum atomic E-state index is -0.127. The number of benzene rings is 3. The van der Waals surface area contributed by atoms with Crippen molar-refractivity contribution in [1.29, 1.82) is 0 Å². The average Bonchev–Trinajstić information content (AvgIpc) is 3.61. The van der Waals surface area contributed by atoms with Crippen LogP contribution in [0, 0.1) is 0 Å². The van der Waals surface area contributed by atoms with E-state index < -0.39 is 0 Å². The van der Waals surface area contributed by atoms with Crippen LogP contribution in [0.3, 0.4) is 0 Å². The molecule has 0 atom stereocenters. The Balaban J connectivity index is 1.23. The maximum atomic E-state index is 5.02. The van der Waals surface area contributed by atoms with Crippen LogP contribution in [0.15, 0.2) is 96.0 Å². The summed E-state index contributed by atoms with van der Waals surface area (Å²) in [5.74, 6) is 0. The minimum absolute atomic E-state index is 0.127. The Kier molecular flexibility index (Phi) is 5.66. The molecule has 0 saturated heterocycles. The fraction of sp³-hybridized carbons (Fsp3) is 0.156. The van der Waals surface area contributed by atoms with Crippen LogP contribution in [0.1, 0.15) is 24.3 Å². The number of thiophene rings is 2. The molecule has 0 radical (unpaired) electrons. The maximum Gasteiger partial charge on any atom is 0.0681 e. The van der Waals surface area contributed by atoms with Crippen LogP contribution in [-0.2, 0) is 5.41 Å². The van der Waals surface area contributed by atoms with Gasteiger partial charge in [-0.1, -0.05) is 56.3 Å². The summed E-state index contributed by atoms with van der Waals surface area (Å²) in [5.41, 5.74) is 5.89. The van der Waals surface area contributed by atoms with Crippen LogP contribution >= 0.6 is 22.7 Å². The second-order valence-electron chi connectivity index (χ2n) is 9.94. The van der Waals surface area contributed by atoms with Gasteiger partial charge in [0.1, 0.15) is 0 Å². The van der Waals surface area contributed by atoms with Gasteiger partial charge in [0.2, 0.25) is 0 Å². The van der Waals surface area contributed by atoms with E-state index in [1.807, 2.05) is 22.7 Å². The van der Waals surface area contributed by atoms with Crippen molar-refractivity contribution >= 4 is 56.6 Å². The topological polar surface area (TPSA) is 15.6 Å². The molecular weight excluding hydrogens is 477 g/mol. The first-order valence-corrected chi connectivity index (χ1v) is 13.8. The molecule has 2 nitrogen and oxygen atoms in total. The summed E-state index contributed by atoms with van der Waals surface area (Å²) >= 11 is 3.68. The first kappa shape index (κ1) is 23.0. The van der Waals surface area contributed by atoms with E-state index in [9.17, 15) is 0 Å². The van der Waals surface area contributed by atoms with Crippen molar-refractivity contribution in [3.63, 3.8) is 0 Å². The molecule has 6 rings (SSSR count). The fourth-order valence-electron chi connectivity index (χ4n) is 4.94. The van der Waals surface area contributed by atoms with Gasteiger partial charge in [-0.2, -0.15) is 0 Å². The zero-order valence-electron chi connectivity index (χ0n) is 20.9. The van der Waals surface area contributed by atoms with Crippen LogP contribution in [0.2, 0.25) is 0 Å². The van der Waals surface area contributed by atoms with Gasteiger partial charge in [-0.25, -0.2) is 0 Å². The van der Waals surface area contributed by atoms with E-state index in [1.54, 1.807) is 0 Å². The number of rotatable bonds is 5. The maximum absolute atomic E-state index is 5.02. The molecule has 0 spiro atoms. The molecule has 0 amide bonds. The Morgan fingerprint density at radius 3 is 2.25 bits per heavy atom. The summed E-state index contributed by atoms with van der Waals surface area (Å²) < 4.78 is 0. The van der Waals surface area contributed by atoms with Gasteiger partial charge in [-0.3, -0.25) is 4.99 Å². The van der Waals surface area contributed by atoms with Gasteiger partial charge in [0, 0.05) is 44.7 Å². The highest BCUT2D eigenvalue weighted by molar-refractivity contribution is 7.24. The van der Waals surface area contributed by atoms with Gasteiger partial charge < -0.3 is 4.90 Å². The first-order valence-electron chi connectivity index (χ1n) is 12.2. The monoisotopic (exact) mass is 504 g/mol. The van der Waals surface area contributed by atoms with E-state index in [2.05, 4.69) is 130 Å². The molecule has 0 fully saturated rings. The van der Waals surface area contributed by atoms with E-state index in [0.29, 0.717) is 0 Å². The molecule has 3 heterocycles. The zero-order chi connectivity index (χ0) is 24.9. The molecule has 36 heavy (non-hydrogen) atoms. The third kappa shape index (κ3) is 4.01. The molecule has 0 bridgehead atoms. The highest BCUT2D eigenvalue weighted by Crippen LogP contribution is 2.45. The number of hydrogen-bond acceptors (Lipinski definition) is 4. The van der Waals surface area contributed by atoms with Gasteiger partial charge in [0.15, 0.2) is 0 Å². The highest BCUT2D eigenvalue weighted by Gasteiger charge is 2.35. The molecule has 3 aromatic carbocycles. The molecule has 2 aromatic heterocycles. The van der Waals surface area contributed by atoms with Crippen molar-refractivity contribution in [2.24, 2.45) is 4.99 Å². The number of allylic oxidation sites excluding steroid dienone is 1. The fourth-order valence-corrected chi connectivity index (χ4v) is 6.95. The van der Waals surface area contributed by atoms with Crippen molar-refractivity contribution in [2.45, 2.75) is 19.3 Å². The number of nitrogens with zero attached hydrogens (tertiary/aromatic N) is 2. The minimum Gasteiger partial charge on any atom is -0.378 e. The molecule has 0 saturated carbocycles. The lowest BCUT2D eigenvalue weighted by Crippen LogP contribution is -2.24. The summed E-state index contributed by atoms with van der Waals surface area (Å²) in [7, 11) is 4.14. The molecular formula is C32H28N2S2. The lowest BCUT2D eigenvalue weighted by Gasteiger charge is -2.22.